The maximum Gasteiger partial charge on any atom is 0.255 e. The van der Waals surface area contributed by atoms with Crippen LogP contribution in [0.5, 0.6) is 5.75 Å². The highest BCUT2D eigenvalue weighted by atomic mass is 16.5. The molecular weight excluding hydrogens is 456 g/mol. The molecule has 1 heterocycles. The molecule has 0 spiro atoms. The Morgan fingerprint density at radius 1 is 1.06 bits per heavy atom. The molecule has 36 heavy (non-hydrogen) atoms. The Hall–Kier alpha value is -4.50. The molecule has 0 aliphatic carbocycles. The van der Waals surface area contributed by atoms with Crippen LogP contribution in [0.4, 0.5) is 11.5 Å². The topological polar surface area (TPSA) is 136 Å². The molecule has 0 saturated carbocycles. The summed E-state index contributed by atoms with van der Waals surface area (Å²) in [5, 5.41) is 3.62. The number of para-hydroxylation sites is 1. The van der Waals surface area contributed by atoms with Gasteiger partial charge in [-0.3, -0.25) is 9.59 Å². The maximum absolute atomic E-state index is 12.8. The van der Waals surface area contributed by atoms with Gasteiger partial charge in [-0.1, -0.05) is 18.2 Å². The predicted octanol–water partition coefficient (Wildman–Crippen LogP) is 3.30. The summed E-state index contributed by atoms with van der Waals surface area (Å²) in [6, 6.07) is 19.6. The number of ether oxygens (including phenoxy) is 1. The second-order valence-corrected chi connectivity index (χ2v) is 8.56. The van der Waals surface area contributed by atoms with E-state index in [0.717, 1.165) is 5.56 Å². The Bertz CT molecular complexity index is 1420. The minimum absolute atomic E-state index is 0.238. The Kier molecular flexibility index (Phi) is 6.84. The molecule has 3 aromatic carbocycles. The summed E-state index contributed by atoms with van der Waals surface area (Å²) in [6.45, 7) is 2.24. The third kappa shape index (κ3) is 4.56. The Morgan fingerprint density at radius 3 is 2.44 bits per heavy atom. The van der Waals surface area contributed by atoms with Crippen LogP contribution in [-0.4, -0.2) is 42.5 Å². The number of carbonyl (C=O) groups is 2. The van der Waals surface area contributed by atoms with Gasteiger partial charge in [0.2, 0.25) is 0 Å². The summed E-state index contributed by atoms with van der Waals surface area (Å²) in [7, 11) is 3.46. The van der Waals surface area contributed by atoms with Crippen molar-refractivity contribution in [3.8, 4) is 5.75 Å². The molecule has 2 amide bonds. The van der Waals surface area contributed by atoms with E-state index in [-0.39, 0.29) is 12.5 Å². The second-order valence-electron chi connectivity index (χ2n) is 8.56. The fraction of sp³-hybridized carbons (Fsp3) is 0.185. The minimum atomic E-state index is -0.704. The molecule has 184 valence electrons. The highest BCUT2D eigenvalue weighted by Crippen LogP contribution is 2.35. The quantitative estimate of drug-likeness (QED) is 0.349. The van der Waals surface area contributed by atoms with Crippen molar-refractivity contribution in [2.75, 3.05) is 30.9 Å². The zero-order valence-corrected chi connectivity index (χ0v) is 20.4. The molecule has 1 aromatic heterocycles. The number of hydrogen-bond donors (Lipinski definition) is 3. The zero-order chi connectivity index (χ0) is 25.9. The van der Waals surface area contributed by atoms with Crippen LogP contribution in [0, 0.1) is 0 Å². The number of hydrogen-bond acceptors (Lipinski definition) is 7. The van der Waals surface area contributed by atoms with Crippen molar-refractivity contribution in [2.24, 2.45) is 11.5 Å². The number of aromatic nitrogens is 2. The van der Waals surface area contributed by atoms with Gasteiger partial charge in [0.1, 0.15) is 17.9 Å². The largest absolute Gasteiger partial charge is 0.497 e. The number of amides is 2. The van der Waals surface area contributed by atoms with Crippen molar-refractivity contribution in [3.63, 3.8) is 0 Å². The van der Waals surface area contributed by atoms with Gasteiger partial charge in [-0.2, -0.15) is 0 Å². The fourth-order valence-electron chi connectivity index (χ4n) is 4.10. The van der Waals surface area contributed by atoms with Crippen molar-refractivity contribution in [3.05, 3.63) is 89.7 Å². The van der Waals surface area contributed by atoms with Gasteiger partial charge in [0.15, 0.2) is 0 Å². The van der Waals surface area contributed by atoms with E-state index in [1.165, 1.54) is 6.33 Å². The maximum atomic E-state index is 12.8. The highest BCUT2D eigenvalue weighted by Gasteiger charge is 2.32. The SMILES string of the molecule is COc1ccc(C(=O)Nc2cccc(C(C)(CN)N(C)c3ncnc4c(C(N)=O)cccc34)c2)cc1. The van der Waals surface area contributed by atoms with E-state index in [0.29, 0.717) is 39.3 Å². The number of methoxy groups -OCH3 is 1. The normalized spacial score (nSPS) is 12.6. The molecular formula is C27H28N6O3. The standard InChI is InChI=1S/C27H28N6O3/c1-27(15-28,33(2)25-22-9-5-8-21(24(29)34)23(22)30-16-31-25)18-6-4-7-19(14-18)32-26(35)17-10-12-20(36-3)13-11-17/h4-14,16H,15,28H2,1-3H3,(H2,29,34)(H,32,35). The van der Waals surface area contributed by atoms with Crippen LogP contribution in [0.25, 0.3) is 10.9 Å². The molecule has 1 atom stereocenters. The van der Waals surface area contributed by atoms with E-state index in [9.17, 15) is 9.59 Å². The lowest BCUT2D eigenvalue weighted by atomic mass is 9.89. The molecule has 4 aromatic rings. The smallest absolute Gasteiger partial charge is 0.255 e. The first-order valence-corrected chi connectivity index (χ1v) is 11.3. The molecule has 0 fully saturated rings. The zero-order valence-electron chi connectivity index (χ0n) is 20.4. The van der Waals surface area contributed by atoms with Gasteiger partial charge >= 0.3 is 0 Å². The van der Waals surface area contributed by atoms with Crippen LogP contribution in [0.3, 0.4) is 0 Å². The molecule has 1 unspecified atom stereocenters. The lowest BCUT2D eigenvalue weighted by Gasteiger charge is -2.40. The first kappa shape index (κ1) is 24.6. The Labute approximate surface area is 209 Å². The molecule has 0 saturated heterocycles. The number of rotatable bonds is 8. The number of nitrogens with two attached hydrogens (primary N) is 2. The van der Waals surface area contributed by atoms with E-state index in [1.54, 1.807) is 43.5 Å². The van der Waals surface area contributed by atoms with Crippen LogP contribution < -0.4 is 26.4 Å². The van der Waals surface area contributed by atoms with Crippen molar-refractivity contribution in [1.82, 2.24) is 9.97 Å². The molecule has 0 bridgehead atoms. The van der Waals surface area contributed by atoms with E-state index in [4.69, 9.17) is 16.2 Å². The number of nitrogens with one attached hydrogen (secondary N) is 1. The molecule has 0 aliphatic rings. The third-order valence-corrected chi connectivity index (χ3v) is 6.46. The molecule has 4 rings (SSSR count). The molecule has 9 nitrogen and oxygen atoms in total. The van der Waals surface area contributed by atoms with Gasteiger partial charge < -0.3 is 26.4 Å². The Balaban J connectivity index is 1.68. The minimum Gasteiger partial charge on any atom is -0.497 e. The van der Waals surface area contributed by atoms with E-state index in [2.05, 4.69) is 15.3 Å². The summed E-state index contributed by atoms with van der Waals surface area (Å²) in [5.74, 6) is 0.479. The predicted molar refractivity (Wildman–Crippen MR) is 140 cm³/mol. The van der Waals surface area contributed by atoms with Crippen LogP contribution in [0.15, 0.2) is 73.1 Å². The second kappa shape index (κ2) is 10.0. The average Bonchev–Trinajstić information content (AvgIpc) is 2.91. The monoisotopic (exact) mass is 484 g/mol. The van der Waals surface area contributed by atoms with Gasteiger partial charge in [-0.25, -0.2) is 9.97 Å². The van der Waals surface area contributed by atoms with Gasteiger partial charge in [0, 0.05) is 30.2 Å². The number of primary amides is 1. The molecule has 9 heteroatoms. The summed E-state index contributed by atoms with van der Waals surface area (Å²) >= 11 is 0. The van der Waals surface area contributed by atoms with Crippen LogP contribution >= 0.6 is 0 Å². The highest BCUT2D eigenvalue weighted by molar-refractivity contribution is 6.07. The first-order valence-electron chi connectivity index (χ1n) is 11.3. The number of anilines is 2. The lowest BCUT2D eigenvalue weighted by molar-refractivity contribution is 0.0998. The van der Waals surface area contributed by atoms with Crippen LogP contribution in [0.2, 0.25) is 0 Å². The van der Waals surface area contributed by atoms with Gasteiger partial charge in [-0.15, -0.1) is 0 Å². The van der Waals surface area contributed by atoms with Crippen LogP contribution in [0.1, 0.15) is 33.2 Å². The number of nitrogens with zero attached hydrogens (tertiary/aromatic N) is 3. The van der Waals surface area contributed by atoms with Crippen molar-refractivity contribution < 1.29 is 14.3 Å². The lowest BCUT2D eigenvalue weighted by Crippen LogP contribution is -2.47. The molecule has 5 N–H and O–H groups in total. The summed E-state index contributed by atoms with van der Waals surface area (Å²) in [6.07, 6.45) is 1.41. The van der Waals surface area contributed by atoms with Gasteiger partial charge in [-0.05, 0) is 61.0 Å². The third-order valence-electron chi connectivity index (χ3n) is 6.46. The number of benzene rings is 3. The fourth-order valence-corrected chi connectivity index (χ4v) is 4.10. The number of fused-ring (bicyclic) bond motifs is 1. The molecule has 0 radical (unpaired) electrons. The summed E-state index contributed by atoms with van der Waals surface area (Å²) in [4.78, 5) is 35.4. The van der Waals surface area contributed by atoms with Gasteiger partial charge in [0.25, 0.3) is 11.8 Å². The summed E-state index contributed by atoms with van der Waals surface area (Å²) in [5.41, 5.74) is 14.0. The van der Waals surface area contributed by atoms with Crippen molar-refractivity contribution >= 4 is 34.2 Å². The summed E-state index contributed by atoms with van der Waals surface area (Å²) < 4.78 is 5.16. The van der Waals surface area contributed by atoms with Gasteiger partial charge in [0.05, 0.1) is 23.7 Å². The number of carbonyl (C=O) groups excluding carboxylic acids is 2. The molecule has 0 aliphatic heterocycles. The van der Waals surface area contributed by atoms with E-state index < -0.39 is 11.4 Å². The average molecular weight is 485 g/mol. The van der Waals surface area contributed by atoms with Crippen LogP contribution in [-0.2, 0) is 5.54 Å². The van der Waals surface area contributed by atoms with E-state index >= 15 is 0 Å². The van der Waals surface area contributed by atoms with Crippen molar-refractivity contribution in [2.45, 2.75) is 12.5 Å². The van der Waals surface area contributed by atoms with Crippen molar-refractivity contribution in [1.29, 1.82) is 0 Å². The number of likely N-dealkylation sites (N-methyl/N-ethyl adjacent to an activating group) is 1. The Morgan fingerprint density at radius 2 is 1.78 bits per heavy atom. The van der Waals surface area contributed by atoms with E-state index in [1.807, 2.05) is 49.2 Å². The first-order chi connectivity index (χ1) is 17.3.